The number of ether oxygens (including phenoxy) is 1. The van der Waals surface area contributed by atoms with E-state index in [9.17, 15) is 9.90 Å². The zero-order valence-corrected chi connectivity index (χ0v) is 13.3. The molecule has 0 amide bonds. The van der Waals surface area contributed by atoms with Crippen LogP contribution in [0.5, 0.6) is 0 Å². The molecule has 0 aliphatic heterocycles. The first-order valence-corrected chi connectivity index (χ1v) is 6.07. The molecule has 0 heterocycles. The van der Waals surface area contributed by atoms with Crippen molar-refractivity contribution in [3.8, 4) is 0 Å². The molecule has 0 fully saturated rings. The maximum atomic E-state index is 11.9. The smallest absolute Gasteiger partial charge is 0.315 e. The Balaban J connectivity index is 0.00000324. The van der Waals surface area contributed by atoms with Crippen LogP contribution in [0.3, 0.4) is 0 Å². The molecule has 0 spiro atoms. The Bertz CT molecular complexity index is 376. The van der Waals surface area contributed by atoms with Gasteiger partial charge in [0.1, 0.15) is 19.1 Å². The number of hydrogen-bond donors (Lipinski definition) is 1. The van der Waals surface area contributed by atoms with Crippen LogP contribution >= 0.6 is 0 Å². The van der Waals surface area contributed by atoms with Crippen LogP contribution in [0.2, 0.25) is 0 Å². The molecule has 0 saturated heterocycles. The van der Waals surface area contributed by atoms with Gasteiger partial charge in [-0.1, -0.05) is 30.3 Å². The molecule has 0 aliphatic carbocycles. The van der Waals surface area contributed by atoms with Gasteiger partial charge in [0, 0.05) is 0 Å². The molecule has 4 nitrogen and oxygen atoms in total. The largest absolute Gasteiger partial charge is 1.00 e. The van der Waals surface area contributed by atoms with Crippen molar-refractivity contribution in [2.24, 2.45) is 0 Å². The molecule has 19 heavy (non-hydrogen) atoms. The van der Waals surface area contributed by atoms with Gasteiger partial charge in [-0.15, -0.1) is 0 Å². The van der Waals surface area contributed by atoms with E-state index in [0.717, 1.165) is 16.6 Å². The minimum Gasteiger partial charge on any atom is -1.00 e. The lowest BCUT2D eigenvalue weighted by Crippen LogP contribution is -3.00. The van der Waals surface area contributed by atoms with Crippen LogP contribution < -0.4 is 17.0 Å². The van der Waals surface area contributed by atoms with Crippen LogP contribution in [0.15, 0.2) is 30.3 Å². The quantitative estimate of drug-likeness (QED) is 0.485. The zero-order chi connectivity index (χ0) is 13.6. The summed E-state index contributed by atoms with van der Waals surface area (Å²) in [6.45, 7) is 0.886. The van der Waals surface area contributed by atoms with Gasteiger partial charge in [0.05, 0.1) is 27.7 Å². The van der Waals surface area contributed by atoms with E-state index >= 15 is 0 Å². The van der Waals surface area contributed by atoms with Crippen LogP contribution in [0.1, 0.15) is 11.5 Å². The average molecular weight is 332 g/mol. The summed E-state index contributed by atoms with van der Waals surface area (Å²) in [6, 6.07) is 9.21. The molecule has 1 aromatic rings. The van der Waals surface area contributed by atoms with Crippen molar-refractivity contribution in [1.82, 2.24) is 0 Å². The SMILES string of the molecule is C[N+](C)(C)CCOC(=O)[C@@H](CO)c1ccccc1.[Br-]. The molecule has 0 aliphatic rings. The molecule has 1 N–H and O–H groups in total. The number of halogens is 1. The number of benzene rings is 1. The second kappa shape index (κ2) is 8.30. The number of rotatable bonds is 6. The Morgan fingerprint density at radius 3 is 2.32 bits per heavy atom. The van der Waals surface area contributed by atoms with Gasteiger partial charge < -0.3 is 31.3 Å². The first-order valence-electron chi connectivity index (χ1n) is 6.07. The third-order valence-corrected chi connectivity index (χ3v) is 2.68. The summed E-state index contributed by atoms with van der Waals surface area (Å²) in [6.07, 6.45) is 0. The van der Waals surface area contributed by atoms with E-state index < -0.39 is 5.92 Å². The Morgan fingerprint density at radius 2 is 1.84 bits per heavy atom. The molecule has 0 bridgehead atoms. The van der Waals surface area contributed by atoms with Gasteiger partial charge in [0.2, 0.25) is 0 Å². The van der Waals surface area contributed by atoms with Gasteiger partial charge in [-0.2, -0.15) is 0 Å². The summed E-state index contributed by atoms with van der Waals surface area (Å²) in [4.78, 5) is 11.9. The van der Waals surface area contributed by atoms with Crippen LogP contribution in [0, 0.1) is 0 Å². The number of esters is 1. The van der Waals surface area contributed by atoms with Crippen LogP contribution in [0.25, 0.3) is 0 Å². The normalized spacial score (nSPS) is 12.4. The summed E-state index contributed by atoms with van der Waals surface area (Å²) < 4.78 is 5.95. The Hall–Kier alpha value is -0.910. The molecule has 0 saturated carbocycles. The molecule has 0 aromatic heterocycles. The van der Waals surface area contributed by atoms with Crippen LogP contribution in [-0.4, -0.2) is 56.5 Å². The van der Waals surface area contributed by atoms with Crippen molar-refractivity contribution >= 4 is 5.97 Å². The number of hydrogen-bond acceptors (Lipinski definition) is 3. The number of carbonyl (C=O) groups is 1. The molecule has 0 unspecified atom stereocenters. The monoisotopic (exact) mass is 331 g/mol. The second-order valence-corrected chi connectivity index (χ2v) is 5.33. The molecule has 0 radical (unpaired) electrons. The van der Waals surface area contributed by atoms with E-state index in [1.807, 2.05) is 51.5 Å². The lowest BCUT2D eigenvalue weighted by Gasteiger charge is -2.24. The molecule has 5 heteroatoms. The topological polar surface area (TPSA) is 46.5 Å². The fraction of sp³-hybridized carbons (Fsp3) is 0.500. The second-order valence-electron chi connectivity index (χ2n) is 5.33. The Labute approximate surface area is 125 Å². The number of likely N-dealkylation sites (N-methyl/N-ethyl adjacent to an activating group) is 1. The predicted octanol–water partition coefficient (Wildman–Crippen LogP) is -1.98. The first-order chi connectivity index (χ1) is 8.44. The molecular formula is C14H22BrNO3. The van der Waals surface area contributed by atoms with E-state index in [1.54, 1.807) is 0 Å². The maximum absolute atomic E-state index is 11.9. The average Bonchev–Trinajstić information content (AvgIpc) is 2.29. The van der Waals surface area contributed by atoms with Crippen molar-refractivity contribution < 1.29 is 36.1 Å². The lowest BCUT2D eigenvalue weighted by molar-refractivity contribution is -0.870. The standard InChI is InChI=1S/C14H22NO3.BrH/c1-15(2,3)9-10-18-14(17)13(11-16)12-7-5-4-6-8-12;/h4-8,13,16H,9-11H2,1-3H3;1H/q+1;/p-1/t13-;/m0./s1. The van der Waals surface area contributed by atoms with Crippen molar-refractivity contribution in [3.63, 3.8) is 0 Å². The van der Waals surface area contributed by atoms with Gasteiger partial charge in [-0.05, 0) is 5.56 Å². The molecule has 1 aromatic carbocycles. The molecular weight excluding hydrogens is 310 g/mol. The molecule has 1 atom stereocenters. The zero-order valence-electron chi connectivity index (χ0n) is 11.7. The highest BCUT2D eigenvalue weighted by Crippen LogP contribution is 2.16. The number of aliphatic hydroxyl groups excluding tert-OH is 1. The van der Waals surface area contributed by atoms with E-state index in [-0.39, 0.29) is 29.6 Å². The predicted molar refractivity (Wildman–Crippen MR) is 70.1 cm³/mol. The van der Waals surface area contributed by atoms with Gasteiger partial charge in [0.25, 0.3) is 0 Å². The minimum absolute atomic E-state index is 0. The first kappa shape index (κ1) is 18.1. The Kier molecular flexibility index (Phi) is 7.90. The van der Waals surface area contributed by atoms with Gasteiger partial charge in [0.15, 0.2) is 0 Å². The van der Waals surface area contributed by atoms with Gasteiger partial charge in [-0.3, -0.25) is 4.79 Å². The number of quaternary nitrogens is 1. The number of carbonyl (C=O) groups excluding carboxylic acids is 1. The van der Waals surface area contributed by atoms with E-state index in [2.05, 4.69) is 0 Å². The molecule has 108 valence electrons. The fourth-order valence-electron chi connectivity index (χ4n) is 1.52. The third-order valence-electron chi connectivity index (χ3n) is 2.68. The van der Waals surface area contributed by atoms with Crippen molar-refractivity contribution in [2.75, 3.05) is 40.9 Å². The third kappa shape index (κ3) is 6.71. The summed E-state index contributed by atoms with van der Waals surface area (Å²) in [7, 11) is 6.11. The maximum Gasteiger partial charge on any atom is 0.315 e. The van der Waals surface area contributed by atoms with E-state index in [0.29, 0.717) is 6.61 Å². The van der Waals surface area contributed by atoms with Gasteiger partial charge >= 0.3 is 5.97 Å². The summed E-state index contributed by atoms with van der Waals surface area (Å²) in [5, 5.41) is 9.30. The van der Waals surface area contributed by atoms with Crippen LogP contribution in [-0.2, 0) is 9.53 Å². The van der Waals surface area contributed by atoms with Crippen LogP contribution in [0.4, 0.5) is 0 Å². The van der Waals surface area contributed by atoms with Crippen molar-refractivity contribution in [1.29, 1.82) is 0 Å². The van der Waals surface area contributed by atoms with E-state index in [4.69, 9.17) is 4.74 Å². The van der Waals surface area contributed by atoms with Crippen molar-refractivity contribution in [3.05, 3.63) is 35.9 Å². The van der Waals surface area contributed by atoms with Gasteiger partial charge in [-0.25, -0.2) is 0 Å². The highest BCUT2D eigenvalue weighted by Gasteiger charge is 2.21. The molecule has 1 rings (SSSR count). The Morgan fingerprint density at radius 1 is 1.26 bits per heavy atom. The highest BCUT2D eigenvalue weighted by atomic mass is 79.9. The van der Waals surface area contributed by atoms with Crippen molar-refractivity contribution in [2.45, 2.75) is 5.92 Å². The summed E-state index contributed by atoms with van der Waals surface area (Å²) in [5.74, 6) is -0.948. The fourth-order valence-corrected chi connectivity index (χ4v) is 1.52. The number of nitrogens with zero attached hydrogens (tertiary/aromatic N) is 1. The lowest BCUT2D eigenvalue weighted by atomic mass is 10.0. The summed E-state index contributed by atoms with van der Waals surface area (Å²) >= 11 is 0. The minimum atomic E-state index is -0.585. The van der Waals surface area contributed by atoms with E-state index in [1.165, 1.54) is 0 Å². The number of aliphatic hydroxyl groups is 1. The summed E-state index contributed by atoms with van der Waals surface area (Å²) in [5.41, 5.74) is 0.787. The highest BCUT2D eigenvalue weighted by molar-refractivity contribution is 5.78.